The van der Waals surface area contributed by atoms with Crippen LogP contribution in [0.4, 0.5) is 0 Å². The molecular weight excluding hydrogens is 282 g/mol. The third-order valence-electron chi connectivity index (χ3n) is 3.00. The first-order valence-electron chi connectivity index (χ1n) is 5.95. The maximum Gasteiger partial charge on any atom is 0.0248 e. The first-order chi connectivity index (χ1) is 7.79. The summed E-state index contributed by atoms with van der Waals surface area (Å²) < 4.78 is 1.18. The lowest BCUT2D eigenvalue weighted by molar-refractivity contribution is 0.551. The maximum atomic E-state index is 3.60. The van der Waals surface area contributed by atoms with Gasteiger partial charge in [-0.3, -0.25) is 0 Å². The van der Waals surface area contributed by atoms with Crippen molar-refractivity contribution in [2.75, 3.05) is 6.54 Å². The quantitative estimate of drug-likeness (QED) is 0.899. The van der Waals surface area contributed by atoms with Crippen molar-refractivity contribution in [3.05, 3.63) is 28.7 Å². The normalized spacial score (nSPS) is 24.9. The Labute approximate surface area is 111 Å². The SMILES string of the molecule is CCNC1CCCC1Sc1cccc(Br)c1. The van der Waals surface area contributed by atoms with Gasteiger partial charge in [0.25, 0.3) is 0 Å². The lowest BCUT2D eigenvalue weighted by atomic mass is 10.2. The van der Waals surface area contributed by atoms with E-state index < -0.39 is 0 Å². The molecule has 0 spiro atoms. The molecule has 0 heterocycles. The molecule has 2 rings (SSSR count). The molecule has 2 unspecified atom stereocenters. The van der Waals surface area contributed by atoms with Crippen LogP contribution in [0, 0.1) is 0 Å². The number of rotatable bonds is 4. The van der Waals surface area contributed by atoms with Gasteiger partial charge in [0.2, 0.25) is 0 Å². The van der Waals surface area contributed by atoms with Gasteiger partial charge in [-0.15, -0.1) is 11.8 Å². The van der Waals surface area contributed by atoms with Crippen LogP contribution in [-0.2, 0) is 0 Å². The van der Waals surface area contributed by atoms with E-state index in [1.165, 1.54) is 28.6 Å². The summed E-state index contributed by atoms with van der Waals surface area (Å²) in [6.07, 6.45) is 4.04. The highest BCUT2D eigenvalue weighted by Crippen LogP contribution is 2.35. The van der Waals surface area contributed by atoms with E-state index in [1.54, 1.807) is 0 Å². The van der Waals surface area contributed by atoms with Crippen molar-refractivity contribution < 1.29 is 0 Å². The molecule has 1 nitrogen and oxygen atoms in total. The molecule has 0 bridgehead atoms. The molecule has 0 radical (unpaired) electrons. The van der Waals surface area contributed by atoms with E-state index in [-0.39, 0.29) is 0 Å². The summed E-state index contributed by atoms with van der Waals surface area (Å²) in [7, 11) is 0. The molecule has 16 heavy (non-hydrogen) atoms. The Bertz CT molecular complexity index is 342. The summed E-state index contributed by atoms with van der Waals surface area (Å²) in [6.45, 7) is 3.28. The van der Waals surface area contributed by atoms with Crippen LogP contribution < -0.4 is 5.32 Å². The zero-order chi connectivity index (χ0) is 11.4. The van der Waals surface area contributed by atoms with Crippen molar-refractivity contribution in [2.24, 2.45) is 0 Å². The van der Waals surface area contributed by atoms with Crippen molar-refractivity contribution in [3.8, 4) is 0 Å². The predicted molar refractivity (Wildman–Crippen MR) is 75.1 cm³/mol. The first-order valence-corrected chi connectivity index (χ1v) is 7.62. The molecular formula is C13H18BrNS. The number of thioether (sulfide) groups is 1. The molecule has 0 aromatic heterocycles. The molecule has 1 aromatic rings. The largest absolute Gasteiger partial charge is 0.313 e. The highest BCUT2D eigenvalue weighted by atomic mass is 79.9. The standard InChI is InChI=1S/C13H18BrNS/c1-2-15-12-7-4-8-13(12)16-11-6-3-5-10(14)9-11/h3,5-6,9,12-13,15H,2,4,7-8H2,1H3. The Morgan fingerprint density at radius 2 is 2.31 bits per heavy atom. The number of halogens is 1. The van der Waals surface area contributed by atoms with Crippen LogP contribution in [0.1, 0.15) is 26.2 Å². The highest BCUT2D eigenvalue weighted by Gasteiger charge is 2.27. The number of hydrogen-bond acceptors (Lipinski definition) is 2. The van der Waals surface area contributed by atoms with Crippen LogP contribution in [-0.4, -0.2) is 17.8 Å². The summed E-state index contributed by atoms with van der Waals surface area (Å²) in [5.74, 6) is 0. The average Bonchev–Trinajstić information content (AvgIpc) is 2.66. The van der Waals surface area contributed by atoms with E-state index in [2.05, 4.69) is 52.4 Å². The van der Waals surface area contributed by atoms with Crippen LogP contribution in [0.25, 0.3) is 0 Å². The minimum absolute atomic E-state index is 0.703. The van der Waals surface area contributed by atoms with Gasteiger partial charge in [-0.05, 0) is 37.6 Å². The molecule has 0 saturated heterocycles. The van der Waals surface area contributed by atoms with Crippen molar-refractivity contribution >= 4 is 27.7 Å². The van der Waals surface area contributed by atoms with Gasteiger partial charge in [0.05, 0.1) is 0 Å². The summed E-state index contributed by atoms with van der Waals surface area (Å²) in [4.78, 5) is 1.38. The fourth-order valence-corrected chi connectivity index (χ4v) is 4.21. The number of hydrogen-bond donors (Lipinski definition) is 1. The van der Waals surface area contributed by atoms with E-state index in [4.69, 9.17) is 0 Å². The molecule has 3 heteroatoms. The van der Waals surface area contributed by atoms with Gasteiger partial charge in [0.15, 0.2) is 0 Å². The van der Waals surface area contributed by atoms with E-state index >= 15 is 0 Å². The molecule has 1 saturated carbocycles. The van der Waals surface area contributed by atoms with E-state index in [1.807, 2.05) is 11.8 Å². The maximum absolute atomic E-state index is 3.60. The van der Waals surface area contributed by atoms with Crippen LogP contribution in [0.3, 0.4) is 0 Å². The molecule has 0 amide bonds. The number of nitrogens with one attached hydrogen (secondary N) is 1. The van der Waals surface area contributed by atoms with E-state index in [0.29, 0.717) is 6.04 Å². The highest BCUT2D eigenvalue weighted by molar-refractivity contribution is 9.10. The Kier molecular flexibility index (Phi) is 4.74. The van der Waals surface area contributed by atoms with Crippen molar-refractivity contribution in [1.29, 1.82) is 0 Å². The third kappa shape index (κ3) is 3.25. The molecule has 1 aliphatic rings. The second-order valence-electron chi connectivity index (χ2n) is 4.21. The Hall–Kier alpha value is 0.01000. The second kappa shape index (κ2) is 6.08. The second-order valence-corrected chi connectivity index (χ2v) is 6.44. The predicted octanol–water partition coefficient (Wildman–Crippen LogP) is 4.07. The summed E-state index contributed by atoms with van der Waals surface area (Å²) in [5.41, 5.74) is 0. The minimum atomic E-state index is 0.703. The van der Waals surface area contributed by atoms with E-state index in [9.17, 15) is 0 Å². The molecule has 1 fully saturated rings. The van der Waals surface area contributed by atoms with Crippen molar-refractivity contribution in [2.45, 2.75) is 42.4 Å². The first kappa shape index (κ1) is 12.5. The molecule has 0 aliphatic heterocycles. The Balaban J connectivity index is 1.98. The lowest BCUT2D eigenvalue weighted by Gasteiger charge is -2.19. The van der Waals surface area contributed by atoms with Gasteiger partial charge >= 0.3 is 0 Å². The Morgan fingerprint density at radius 3 is 3.06 bits per heavy atom. The average molecular weight is 300 g/mol. The third-order valence-corrected chi connectivity index (χ3v) is 4.89. The molecule has 88 valence electrons. The minimum Gasteiger partial charge on any atom is -0.313 e. The summed E-state index contributed by atoms with van der Waals surface area (Å²) in [6, 6.07) is 9.32. The van der Waals surface area contributed by atoms with Crippen molar-refractivity contribution in [3.63, 3.8) is 0 Å². The van der Waals surface area contributed by atoms with Crippen LogP contribution in [0.2, 0.25) is 0 Å². The van der Waals surface area contributed by atoms with Crippen molar-refractivity contribution in [1.82, 2.24) is 5.32 Å². The van der Waals surface area contributed by atoms with Crippen LogP contribution in [0.15, 0.2) is 33.6 Å². The fourth-order valence-electron chi connectivity index (χ4n) is 2.28. The smallest absolute Gasteiger partial charge is 0.0248 e. The van der Waals surface area contributed by atoms with Gasteiger partial charge in [-0.1, -0.05) is 35.3 Å². The lowest BCUT2D eigenvalue weighted by Crippen LogP contribution is -2.33. The molecule has 1 aliphatic carbocycles. The zero-order valence-electron chi connectivity index (χ0n) is 9.58. The van der Waals surface area contributed by atoms with Crippen LogP contribution in [0.5, 0.6) is 0 Å². The van der Waals surface area contributed by atoms with Crippen LogP contribution >= 0.6 is 27.7 Å². The van der Waals surface area contributed by atoms with Gasteiger partial charge in [-0.25, -0.2) is 0 Å². The van der Waals surface area contributed by atoms with Gasteiger partial charge in [0, 0.05) is 20.7 Å². The monoisotopic (exact) mass is 299 g/mol. The van der Waals surface area contributed by atoms with Gasteiger partial charge < -0.3 is 5.32 Å². The van der Waals surface area contributed by atoms with Gasteiger partial charge in [0.1, 0.15) is 0 Å². The van der Waals surface area contributed by atoms with E-state index in [0.717, 1.165) is 11.8 Å². The summed E-state index contributed by atoms with van der Waals surface area (Å²) >= 11 is 5.55. The topological polar surface area (TPSA) is 12.0 Å². The molecule has 1 aromatic carbocycles. The fraction of sp³-hybridized carbons (Fsp3) is 0.538. The molecule has 1 N–H and O–H groups in total. The Morgan fingerprint density at radius 1 is 1.44 bits per heavy atom. The van der Waals surface area contributed by atoms with Gasteiger partial charge in [-0.2, -0.15) is 0 Å². The number of benzene rings is 1. The molecule has 2 atom stereocenters. The zero-order valence-corrected chi connectivity index (χ0v) is 12.0. The summed E-state index contributed by atoms with van der Waals surface area (Å²) in [5, 5.41) is 4.34.